The van der Waals surface area contributed by atoms with Gasteiger partial charge < -0.3 is 4.74 Å². The Labute approximate surface area is 122 Å². The van der Waals surface area contributed by atoms with Gasteiger partial charge in [-0.3, -0.25) is 4.72 Å². The number of halogens is 1. The van der Waals surface area contributed by atoms with Crippen LogP contribution in [0.25, 0.3) is 0 Å². The predicted molar refractivity (Wildman–Crippen MR) is 77.8 cm³/mol. The third-order valence-electron chi connectivity index (χ3n) is 2.69. The number of hydrogen-bond acceptors (Lipinski definition) is 4. The van der Waals surface area contributed by atoms with Crippen molar-refractivity contribution in [3.63, 3.8) is 0 Å². The second kappa shape index (κ2) is 5.68. The Hall–Kier alpha value is -1.79. The molecule has 1 heterocycles. The smallest absolute Gasteiger partial charge is 0.262 e. The molecule has 0 atom stereocenters. The first-order chi connectivity index (χ1) is 9.42. The number of aromatic nitrogens is 1. The lowest BCUT2D eigenvalue weighted by molar-refractivity contribution is 0.414. The number of anilines is 1. The van der Waals surface area contributed by atoms with E-state index in [-0.39, 0.29) is 10.0 Å². The molecule has 106 valence electrons. The van der Waals surface area contributed by atoms with Gasteiger partial charge in [0, 0.05) is 6.20 Å². The lowest BCUT2D eigenvalue weighted by Crippen LogP contribution is -2.13. The number of rotatable bonds is 4. The van der Waals surface area contributed by atoms with Crippen LogP contribution in [0.5, 0.6) is 5.75 Å². The summed E-state index contributed by atoms with van der Waals surface area (Å²) in [6.07, 6.45) is 1.35. The van der Waals surface area contributed by atoms with Gasteiger partial charge in [-0.05, 0) is 42.8 Å². The predicted octanol–water partition coefficient (Wildman–Crippen LogP) is 2.85. The van der Waals surface area contributed by atoms with Crippen LogP contribution in [0.4, 0.5) is 5.69 Å². The van der Waals surface area contributed by atoms with Crippen LogP contribution in [0.1, 0.15) is 5.56 Å². The molecule has 1 N–H and O–H groups in total. The van der Waals surface area contributed by atoms with E-state index in [1.54, 1.807) is 32.2 Å². The zero-order valence-electron chi connectivity index (χ0n) is 10.9. The number of ether oxygens (including phenoxy) is 1. The monoisotopic (exact) mass is 312 g/mol. The minimum Gasteiger partial charge on any atom is -0.497 e. The van der Waals surface area contributed by atoms with Crippen molar-refractivity contribution in [1.82, 2.24) is 4.98 Å². The van der Waals surface area contributed by atoms with Gasteiger partial charge in [0.15, 0.2) is 0 Å². The second-order valence-electron chi connectivity index (χ2n) is 4.10. The van der Waals surface area contributed by atoms with E-state index in [1.807, 2.05) is 0 Å². The second-order valence-corrected chi connectivity index (χ2v) is 6.17. The summed E-state index contributed by atoms with van der Waals surface area (Å²) in [7, 11) is -2.14. The van der Waals surface area contributed by atoms with Gasteiger partial charge in [0.25, 0.3) is 10.0 Å². The molecule has 0 radical (unpaired) electrons. The summed E-state index contributed by atoms with van der Waals surface area (Å²) < 4.78 is 32.1. The van der Waals surface area contributed by atoms with Gasteiger partial charge in [0.1, 0.15) is 10.9 Å². The number of pyridine rings is 1. The maximum Gasteiger partial charge on any atom is 0.262 e. The van der Waals surface area contributed by atoms with Crippen molar-refractivity contribution < 1.29 is 13.2 Å². The molecule has 0 fully saturated rings. The van der Waals surface area contributed by atoms with Crippen molar-refractivity contribution in [2.75, 3.05) is 11.8 Å². The van der Waals surface area contributed by atoms with Crippen LogP contribution in [0.15, 0.2) is 41.4 Å². The molecular weight excluding hydrogens is 300 g/mol. The fourth-order valence-electron chi connectivity index (χ4n) is 1.63. The molecule has 0 saturated heterocycles. The Bertz CT molecular complexity index is 732. The van der Waals surface area contributed by atoms with Gasteiger partial charge >= 0.3 is 0 Å². The molecule has 0 unspecified atom stereocenters. The molecule has 0 amide bonds. The zero-order valence-corrected chi connectivity index (χ0v) is 12.5. The van der Waals surface area contributed by atoms with Crippen molar-refractivity contribution in [1.29, 1.82) is 0 Å². The highest BCUT2D eigenvalue weighted by Crippen LogP contribution is 2.24. The largest absolute Gasteiger partial charge is 0.497 e. The summed E-state index contributed by atoms with van der Waals surface area (Å²) in [6.45, 7) is 1.79. The molecule has 2 aromatic rings. The molecule has 20 heavy (non-hydrogen) atoms. The van der Waals surface area contributed by atoms with E-state index >= 15 is 0 Å². The highest BCUT2D eigenvalue weighted by Gasteiger charge is 2.16. The maximum atomic E-state index is 12.2. The average molecular weight is 313 g/mol. The Morgan fingerprint density at radius 2 is 2.00 bits per heavy atom. The Balaban J connectivity index is 2.33. The van der Waals surface area contributed by atoms with E-state index in [0.717, 1.165) is 5.56 Å². The van der Waals surface area contributed by atoms with Crippen molar-refractivity contribution >= 4 is 27.3 Å². The molecule has 2 rings (SSSR count). The topological polar surface area (TPSA) is 68.3 Å². The van der Waals surface area contributed by atoms with Gasteiger partial charge in [-0.15, -0.1) is 0 Å². The van der Waals surface area contributed by atoms with Crippen molar-refractivity contribution in [2.24, 2.45) is 0 Å². The molecule has 7 heteroatoms. The molecule has 0 bridgehead atoms. The number of methoxy groups -OCH3 is 1. The average Bonchev–Trinajstić information content (AvgIpc) is 2.41. The van der Waals surface area contributed by atoms with Crippen molar-refractivity contribution in [3.05, 3.63) is 47.2 Å². The first-order valence-corrected chi connectivity index (χ1v) is 7.57. The zero-order chi connectivity index (χ0) is 14.8. The minimum absolute atomic E-state index is 0.0627. The van der Waals surface area contributed by atoms with E-state index in [9.17, 15) is 8.42 Å². The van der Waals surface area contributed by atoms with Gasteiger partial charge in [-0.2, -0.15) is 0 Å². The summed E-state index contributed by atoms with van der Waals surface area (Å²) in [5, 5.41) is 0.124. The van der Waals surface area contributed by atoms with Crippen molar-refractivity contribution in [2.45, 2.75) is 11.8 Å². The minimum atomic E-state index is -3.69. The number of hydrogen-bond donors (Lipinski definition) is 1. The van der Waals surface area contributed by atoms with Crippen LogP contribution < -0.4 is 9.46 Å². The van der Waals surface area contributed by atoms with Crippen LogP contribution in [0.3, 0.4) is 0 Å². The molecule has 0 spiro atoms. The molecule has 0 aliphatic carbocycles. The normalized spacial score (nSPS) is 11.2. The van der Waals surface area contributed by atoms with E-state index in [2.05, 4.69) is 9.71 Å². The standard InChI is InChI=1S/C13H13ClN2O3S/c1-9-7-10(19-2)3-4-12(9)16-20(17,18)11-5-6-15-13(14)8-11/h3-8,16H,1-2H3. The Morgan fingerprint density at radius 3 is 2.60 bits per heavy atom. The quantitative estimate of drug-likeness (QED) is 0.881. The fourth-order valence-corrected chi connectivity index (χ4v) is 3.01. The van der Waals surface area contributed by atoms with Crippen LogP contribution in [-0.4, -0.2) is 20.5 Å². The van der Waals surface area contributed by atoms with Crippen molar-refractivity contribution in [3.8, 4) is 5.75 Å². The number of benzene rings is 1. The SMILES string of the molecule is COc1ccc(NS(=O)(=O)c2ccnc(Cl)c2)c(C)c1. The van der Waals surface area contributed by atoms with Crippen LogP contribution in [-0.2, 0) is 10.0 Å². The summed E-state index contributed by atoms with van der Waals surface area (Å²) in [6, 6.07) is 7.76. The lowest BCUT2D eigenvalue weighted by Gasteiger charge is -2.11. The Kier molecular flexibility index (Phi) is 4.15. The molecule has 5 nitrogen and oxygen atoms in total. The first kappa shape index (κ1) is 14.6. The van der Waals surface area contributed by atoms with Crippen LogP contribution in [0, 0.1) is 6.92 Å². The molecule has 1 aromatic heterocycles. The van der Waals surface area contributed by atoms with Crippen LogP contribution >= 0.6 is 11.6 Å². The van der Waals surface area contributed by atoms with Gasteiger partial charge in [-0.25, -0.2) is 13.4 Å². The first-order valence-electron chi connectivity index (χ1n) is 5.71. The highest BCUT2D eigenvalue weighted by molar-refractivity contribution is 7.92. The summed E-state index contributed by atoms with van der Waals surface area (Å²) in [4.78, 5) is 3.82. The number of aryl methyl sites for hydroxylation is 1. The van der Waals surface area contributed by atoms with E-state index in [0.29, 0.717) is 11.4 Å². The molecule has 0 aliphatic heterocycles. The van der Waals surface area contributed by atoms with Gasteiger partial charge in [-0.1, -0.05) is 11.6 Å². The van der Waals surface area contributed by atoms with Gasteiger partial charge in [0.05, 0.1) is 17.7 Å². The van der Waals surface area contributed by atoms with Gasteiger partial charge in [0.2, 0.25) is 0 Å². The highest BCUT2D eigenvalue weighted by atomic mass is 35.5. The summed E-state index contributed by atoms with van der Waals surface area (Å²) in [5.41, 5.74) is 1.24. The molecule has 0 saturated carbocycles. The fraction of sp³-hybridized carbons (Fsp3) is 0.154. The summed E-state index contributed by atoms with van der Waals surface area (Å²) in [5.74, 6) is 0.664. The molecular formula is C13H13ClN2O3S. The molecule has 1 aromatic carbocycles. The van der Waals surface area contributed by atoms with E-state index in [4.69, 9.17) is 16.3 Å². The number of sulfonamides is 1. The summed E-state index contributed by atoms with van der Waals surface area (Å²) >= 11 is 5.70. The molecule has 0 aliphatic rings. The van der Waals surface area contributed by atoms with E-state index in [1.165, 1.54) is 18.3 Å². The number of nitrogens with zero attached hydrogens (tertiary/aromatic N) is 1. The maximum absolute atomic E-state index is 12.2. The third-order valence-corrected chi connectivity index (χ3v) is 4.26. The van der Waals surface area contributed by atoms with E-state index < -0.39 is 10.0 Å². The van der Waals surface area contributed by atoms with Crippen LogP contribution in [0.2, 0.25) is 5.15 Å². The third kappa shape index (κ3) is 3.20. The lowest BCUT2D eigenvalue weighted by atomic mass is 10.2. The number of nitrogens with one attached hydrogen (secondary N) is 1. The Morgan fingerprint density at radius 1 is 1.25 bits per heavy atom.